The van der Waals surface area contributed by atoms with Gasteiger partial charge >= 0.3 is 0 Å². The molecule has 0 saturated heterocycles. The number of nitrogens with zero attached hydrogens (tertiary/aromatic N) is 1. The van der Waals surface area contributed by atoms with Crippen molar-refractivity contribution in [3.8, 4) is 0 Å². The molecule has 17 heavy (non-hydrogen) atoms. The first-order valence-electron chi connectivity index (χ1n) is 5.07. The number of benzene rings is 1. The van der Waals surface area contributed by atoms with E-state index in [4.69, 9.17) is 4.74 Å². The van der Waals surface area contributed by atoms with Gasteiger partial charge in [-0.05, 0) is 48.6 Å². The van der Waals surface area contributed by atoms with E-state index < -0.39 is 0 Å². The summed E-state index contributed by atoms with van der Waals surface area (Å²) in [5.41, 5.74) is 0.241. The SMILES string of the molecule is COCC(C)(C)Nc1ccc(I)cc1[N+](=O)[O-]. The van der Waals surface area contributed by atoms with Gasteiger partial charge in [0.25, 0.3) is 5.69 Å². The van der Waals surface area contributed by atoms with Gasteiger partial charge in [-0.1, -0.05) is 0 Å². The van der Waals surface area contributed by atoms with E-state index in [1.165, 1.54) is 0 Å². The first-order chi connectivity index (χ1) is 7.85. The van der Waals surface area contributed by atoms with Gasteiger partial charge in [0.1, 0.15) is 5.69 Å². The highest BCUT2D eigenvalue weighted by molar-refractivity contribution is 14.1. The molecule has 1 aromatic rings. The molecule has 1 aromatic carbocycles. The minimum atomic E-state index is -0.382. The summed E-state index contributed by atoms with van der Waals surface area (Å²) in [6.45, 7) is 4.33. The van der Waals surface area contributed by atoms with Crippen LogP contribution in [0.5, 0.6) is 0 Å². The van der Waals surface area contributed by atoms with Gasteiger partial charge in [0, 0.05) is 16.7 Å². The maximum atomic E-state index is 10.9. The van der Waals surface area contributed by atoms with E-state index in [0.29, 0.717) is 12.3 Å². The Morgan fingerprint density at radius 2 is 2.18 bits per heavy atom. The first kappa shape index (κ1) is 14.2. The Morgan fingerprint density at radius 1 is 1.53 bits per heavy atom. The number of rotatable bonds is 5. The van der Waals surface area contributed by atoms with Gasteiger partial charge in [0.2, 0.25) is 0 Å². The molecule has 0 aliphatic carbocycles. The molecule has 1 rings (SSSR count). The molecule has 0 aromatic heterocycles. The Hall–Kier alpha value is -0.890. The Kier molecular flexibility index (Phi) is 4.70. The molecule has 0 spiro atoms. The molecule has 0 unspecified atom stereocenters. The van der Waals surface area contributed by atoms with Gasteiger partial charge < -0.3 is 10.1 Å². The van der Waals surface area contributed by atoms with Gasteiger partial charge in [0.05, 0.1) is 17.1 Å². The highest BCUT2D eigenvalue weighted by Crippen LogP contribution is 2.28. The molecular weight excluding hydrogens is 335 g/mol. The predicted molar refractivity (Wildman–Crippen MR) is 75.4 cm³/mol. The molecule has 0 saturated carbocycles. The minimum absolute atomic E-state index is 0.0843. The Morgan fingerprint density at radius 3 is 2.71 bits per heavy atom. The lowest BCUT2D eigenvalue weighted by Gasteiger charge is -2.26. The zero-order valence-corrected chi connectivity index (χ0v) is 12.1. The van der Waals surface area contributed by atoms with Crippen LogP contribution in [-0.2, 0) is 4.74 Å². The molecule has 0 radical (unpaired) electrons. The average Bonchev–Trinajstić information content (AvgIpc) is 2.20. The highest BCUT2D eigenvalue weighted by Gasteiger charge is 2.22. The van der Waals surface area contributed by atoms with Crippen LogP contribution in [0, 0.1) is 13.7 Å². The van der Waals surface area contributed by atoms with Crippen LogP contribution in [0.15, 0.2) is 18.2 Å². The quantitative estimate of drug-likeness (QED) is 0.504. The summed E-state index contributed by atoms with van der Waals surface area (Å²) < 4.78 is 5.91. The normalized spacial score (nSPS) is 11.3. The smallest absolute Gasteiger partial charge is 0.293 e. The second kappa shape index (κ2) is 5.63. The summed E-state index contributed by atoms with van der Waals surface area (Å²) in [5.74, 6) is 0. The lowest BCUT2D eigenvalue weighted by molar-refractivity contribution is -0.384. The zero-order chi connectivity index (χ0) is 13.1. The molecule has 0 aliphatic heterocycles. The second-order valence-electron chi connectivity index (χ2n) is 4.36. The summed E-state index contributed by atoms with van der Waals surface area (Å²) >= 11 is 2.05. The van der Waals surface area contributed by atoms with E-state index in [1.54, 1.807) is 19.2 Å². The molecular formula is C11H15IN2O3. The van der Waals surface area contributed by atoms with E-state index in [2.05, 4.69) is 27.9 Å². The number of methoxy groups -OCH3 is 1. The van der Waals surface area contributed by atoms with Crippen LogP contribution in [0.25, 0.3) is 0 Å². The molecule has 0 amide bonds. The lowest BCUT2D eigenvalue weighted by atomic mass is 10.1. The van der Waals surface area contributed by atoms with Gasteiger partial charge in [-0.3, -0.25) is 10.1 Å². The number of nitrogens with one attached hydrogen (secondary N) is 1. The number of hydrogen-bond donors (Lipinski definition) is 1. The van der Waals surface area contributed by atoms with Crippen molar-refractivity contribution in [3.05, 3.63) is 31.9 Å². The molecule has 5 nitrogen and oxygen atoms in total. The molecule has 0 heterocycles. The number of anilines is 1. The van der Waals surface area contributed by atoms with Crippen LogP contribution in [-0.4, -0.2) is 24.2 Å². The van der Waals surface area contributed by atoms with Crippen molar-refractivity contribution in [2.45, 2.75) is 19.4 Å². The van der Waals surface area contributed by atoms with E-state index in [9.17, 15) is 10.1 Å². The van der Waals surface area contributed by atoms with Crippen molar-refractivity contribution in [1.29, 1.82) is 0 Å². The van der Waals surface area contributed by atoms with Crippen molar-refractivity contribution in [2.75, 3.05) is 19.0 Å². The molecule has 1 N–H and O–H groups in total. The van der Waals surface area contributed by atoms with Gasteiger partial charge in [-0.2, -0.15) is 0 Å². The maximum absolute atomic E-state index is 10.9. The van der Waals surface area contributed by atoms with E-state index in [-0.39, 0.29) is 16.1 Å². The molecule has 0 aliphatic rings. The largest absolute Gasteiger partial charge is 0.382 e. The van der Waals surface area contributed by atoms with Crippen LogP contribution in [0.1, 0.15) is 13.8 Å². The summed E-state index contributed by atoms with van der Waals surface area (Å²) in [4.78, 5) is 10.6. The molecule has 0 atom stereocenters. The third-order valence-corrected chi connectivity index (χ3v) is 2.81. The Labute approximate surface area is 114 Å². The summed E-state index contributed by atoms with van der Waals surface area (Å²) in [7, 11) is 1.60. The van der Waals surface area contributed by atoms with Crippen molar-refractivity contribution >= 4 is 34.0 Å². The Balaban J connectivity index is 3.02. The molecule has 6 heteroatoms. The van der Waals surface area contributed by atoms with Crippen molar-refractivity contribution in [2.24, 2.45) is 0 Å². The lowest BCUT2D eigenvalue weighted by Crippen LogP contribution is -2.36. The number of halogens is 1. The topological polar surface area (TPSA) is 64.4 Å². The fraction of sp³-hybridized carbons (Fsp3) is 0.455. The maximum Gasteiger partial charge on any atom is 0.293 e. The standard InChI is InChI=1S/C11H15IN2O3/c1-11(2,7-17-3)13-9-5-4-8(12)6-10(9)14(15)16/h4-6,13H,7H2,1-3H3. The fourth-order valence-electron chi connectivity index (χ4n) is 1.52. The summed E-state index contributed by atoms with van der Waals surface area (Å²) in [5, 5.41) is 14.1. The third-order valence-electron chi connectivity index (χ3n) is 2.13. The van der Waals surface area contributed by atoms with Gasteiger partial charge in [0.15, 0.2) is 0 Å². The molecule has 94 valence electrons. The van der Waals surface area contributed by atoms with Crippen molar-refractivity contribution in [3.63, 3.8) is 0 Å². The van der Waals surface area contributed by atoms with Crippen LogP contribution in [0.4, 0.5) is 11.4 Å². The van der Waals surface area contributed by atoms with Crippen LogP contribution in [0.3, 0.4) is 0 Å². The predicted octanol–water partition coefficient (Wildman–Crippen LogP) is 3.04. The summed E-state index contributed by atoms with van der Waals surface area (Å²) in [6.07, 6.45) is 0. The number of nitro benzene ring substituents is 1. The molecule has 0 bridgehead atoms. The van der Waals surface area contributed by atoms with E-state index >= 15 is 0 Å². The van der Waals surface area contributed by atoms with Crippen LogP contribution < -0.4 is 5.32 Å². The monoisotopic (exact) mass is 350 g/mol. The second-order valence-corrected chi connectivity index (χ2v) is 5.61. The third kappa shape index (κ3) is 4.12. The van der Waals surface area contributed by atoms with Gasteiger partial charge in [-0.25, -0.2) is 0 Å². The van der Waals surface area contributed by atoms with Crippen LogP contribution >= 0.6 is 22.6 Å². The van der Waals surface area contributed by atoms with Crippen LogP contribution in [0.2, 0.25) is 0 Å². The number of hydrogen-bond acceptors (Lipinski definition) is 4. The first-order valence-corrected chi connectivity index (χ1v) is 6.14. The Bertz CT molecular complexity index is 421. The summed E-state index contributed by atoms with van der Waals surface area (Å²) in [6, 6.07) is 5.10. The fourth-order valence-corrected chi connectivity index (χ4v) is 2.00. The van der Waals surface area contributed by atoms with Crippen molar-refractivity contribution in [1.82, 2.24) is 0 Å². The minimum Gasteiger partial charge on any atom is -0.382 e. The van der Waals surface area contributed by atoms with Crippen molar-refractivity contribution < 1.29 is 9.66 Å². The molecule has 0 fully saturated rings. The van der Waals surface area contributed by atoms with E-state index in [1.807, 2.05) is 19.9 Å². The van der Waals surface area contributed by atoms with E-state index in [0.717, 1.165) is 3.57 Å². The number of nitro groups is 1. The average molecular weight is 350 g/mol. The number of ether oxygens (including phenoxy) is 1. The van der Waals surface area contributed by atoms with Gasteiger partial charge in [-0.15, -0.1) is 0 Å². The highest BCUT2D eigenvalue weighted by atomic mass is 127. The zero-order valence-electron chi connectivity index (χ0n) is 9.99.